The Morgan fingerprint density at radius 2 is 1.78 bits per heavy atom. The highest BCUT2D eigenvalue weighted by Gasteiger charge is 2.22. The molecule has 0 atom stereocenters. The summed E-state index contributed by atoms with van der Waals surface area (Å²) in [5, 5.41) is 0.500. The predicted molar refractivity (Wildman–Crippen MR) is 129 cm³/mol. The second-order valence-corrected chi connectivity index (χ2v) is 8.68. The molecule has 0 spiro atoms. The summed E-state index contributed by atoms with van der Waals surface area (Å²) in [6, 6.07) is 19.2. The summed E-state index contributed by atoms with van der Waals surface area (Å²) >= 11 is 5.54. The number of carbonyl (C=O) groups is 1. The standard InChI is InChI=1S/C26H23N3O2S/c1-16-6-5-9-23(17(16)2)29-25(31)21-11-10-19(14-22(21)27-26(29)32)24(30)28-13-12-18-7-3-4-8-20(18)15-28/h3-11,14H,12-13,15H2,1-2H3,(H,27,32). The van der Waals surface area contributed by atoms with Crippen LogP contribution in [0.15, 0.2) is 65.5 Å². The van der Waals surface area contributed by atoms with E-state index in [1.54, 1.807) is 18.2 Å². The lowest BCUT2D eigenvalue weighted by atomic mass is 9.99. The van der Waals surface area contributed by atoms with Crippen molar-refractivity contribution >= 4 is 29.0 Å². The highest BCUT2D eigenvalue weighted by atomic mass is 32.1. The average Bonchev–Trinajstić information content (AvgIpc) is 2.80. The van der Waals surface area contributed by atoms with Crippen LogP contribution in [-0.2, 0) is 13.0 Å². The lowest BCUT2D eigenvalue weighted by Gasteiger charge is -2.29. The number of aryl methyl sites for hydroxylation is 1. The first-order valence-electron chi connectivity index (χ1n) is 10.7. The molecule has 160 valence electrons. The van der Waals surface area contributed by atoms with E-state index in [0.29, 0.717) is 34.3 Å². The summed E-state index contributed by atoms with van der Waals surface area (Å²) in [5.74, 6) is -0.0422. The zero-order valence-corrected chi connectivity index (χ0v) is 18.8. The number of hydrogen-bond acceptors (Lipinski definition) is 3. The first-order valence-corrected chi connectivity index (χ1v) is 11.1. The van der Waals surface area contributed by atoms with E-state index in [1.807, 2.05) is 49.1 Å². The van der Waals surface area contributed by atoms with Crippen LogP contribution in [0.4, 0.5) is 0 Å². The van der Waals surface area contributed by atoms with Crippen molar-refractivity contribution in [2.45, 2.75) is 26.8 Å². The molecule has 1 aliphatic rings. The fraction of sp³-hybridized carbons (Fsp3) is 0.192. The molecule has 4 aromatic rings. The monoisotopic (exact) mass is 441 g/mol. The molecule has 5 rings (SSSR count). The topological polar surface area (TPSA) is 58.1 Å². The molecule has 2 heterocycles. The van der Waals surface area contributed by atoms with E-state index >= 15 is 0 Å². The molecule has 1 amide bonds. The summed E-state index contributed by atoms with van der Waals surface area (Å²) < 4.78 is 1.84. The maximum absolute atomic E-state index is 13.3. The number of amides is 1. The van der Waals surface area contributed by atoms with Crippen LogP contribution in [0.5, 0.6) is 0 Å². The Kier molecular flexibility index (Phi) is 5.02. The number of carbonyl (C=O) groups excluding carboxylic acids is 1. The number of aromatic amines is 1. The van der Waals surface area contributed by atoms with Crippen LogP contribution in [0.1, 0.15) is 32.6 Å². The minimum atomic E-state index is -0.191. The van der Waals surface area contributed by atoms with Gasteiger partial charge in [0, 0.05) is 18.7 Å². The second-order valence-electron chi connectivity index (χ2n) is 8.30. The number of nitrogens with zero attached hydrogens (tertiary/aromatic N) is 2. The van der Waals surface area contributed by atoms with Crippen molar-refractivity contribution in [1.82, 2.24) is 14.5 Å². The van der Waals surface area contributed by atoms with Crippen LogP contribution in [0.25, 0.3) is 16.6 Å². The van der Waals surface area contributed by atoms with Gasteiger partial charge in [0.1, 0.15) is 0 Å². The fourth-order valence-electron chi connectivity index (χ4n) is 4.40. The van der Waals surface area contributed by atoms with Crippen LogP contribution in [0.2, 0.25) is 0 Å². The van der Waals surface area contributed by atoms with Crippen molar-refractivity contribution in [3.63, 3.8) is 0 Å². The van der Waals surface area contributed by atoms with Gasteiger partial charge in [0.15, 0.2) is 4.77 Å². The van der Waals surface area contributed by atoms with Gasteiger partial charge < -0.3 is 9.88 Å². The zero-order valence-electron chi connectivity index (χ0n) is 18.0. The van der Waals surface area contributed by atoms with Gasteiger partial charge in [-0.3, -0.25) is 14.2 Å². The summed E-state index contributed by atoms with van der Waals surface area (Å²) in [4.78, 5) is 31.5. The third-order valence-electron chi connectivity index (χ3n) is 6.38. The molecule has 0 saturated heterocycles. The van der Waals surface area contributed by atoms with E-state index < -0.39 is 0 Å². The minimum absolute atomic E-state index is 0.0422. The number of hydrogen-bond donors (Lipinski definition) is 1. The Labute approximate surface area is 191 Å². The third-order valence-corrected chi connectivity index (χ3v) is 6.66. The van der Waals surface area contributed by atoms with Crippen molar-refractivity contribution in [3.05, 3.63) is 104 Å². The van der Waals surface area contributed by atoms with Crippen LogP contribution < -0.4 is 5.56 Å². The molecular formula is C26H23N3O2S. The fourth-order valence-corrected chi connectivity index (χ4v) is 4.69. The first kappa shape index (κ1) is 20.4. The SMILES string of the molecule is Cc1cccc(-n2c(=S)[nH]c3cc(C(=O)N4CCc5ccccc5C4)ccc3c2=O)c1C. The molecule has 1 aromatic heterocycles. The Morgan fingerprint density at radius 3 is 2.59 bits per heavy atom. The molecule has 0 aliphatic carbocycles. The lowest BCUT2D eigenvalue weighted by molar-refractivity contribution is 0.0735. The molecule has 3 aromatic carbocycles. The molecule has 1 N–H and O–H groups in total. The van der Waals surface area contributed by atoms with Crippen LogP contribution >= 0.6 is 12.2 Å². The predicted octanol–water partition coefficient (Wildman–Crippen LogP) is 4.86. The molecule has 1 aliphatic heterocycles. The summed E-state index contributed by atoms with van der Waals surface area (Å²) in [5.41, 5.74) is 6.28. The van der Waals surface area contributed by atoms with E-state index in [1.165, 1.54) is 15.7 Å². The normalized spacial score (nSPS) is 13.2. The number of rotatable bonds is 2. The van der Waals surface area contributed by atoms with Gasteiger partial charge in [-0.15, -0.1) is 0 Å². The number of nitrogens with one attached hydrogen (secondary N) is 1. The largest absolute Gasteiger partial charge is 0.334 e. The molecule has 0 unspecified atom stereocenters. The van der Waals surface area contributed by atoms with Gasteiger partial charge in [0.2, 0.25) is 0 Å². The summed E-state index contributed by atoms with van der Waals surface area (Å²) in [6.07, 6.45) is 0.846. The Hall–Kier alpha value is -3.51. The zero-order chi connectivity index (χ0) is 22.4. The first-order chi connectivity index (χ1) is 15.4. The quantitative estimate of drug-likeness (QED) is 0.452. The van der Waals surface area contributed by atoms with Gasteiger partial charge >= 0.3 is 0 Å². The van der Waals surface area contributed by atoms with Crippen molar-refractivity contribution in [3.8, 4) is 5.69 Å². The Bertz CT molecular complexity index is 1500. The molecule has 0 saturated carbocycles. The molecule has 0 radical (unpaired) electrons. The maximum atomic E-state index is 13.3. The Balaban J connectivity index is 1.54. The highest BCUT2D eigenvalue weighted by molar-refractivity contribution is 7.71. The summed E-state index contributed by atoms with van der Waals surface area (Å²) in [6.45, 7) is 5.26. The van der Waals surface area contributed by atoms with Crippen molar-refractivity contribution in [1.29, 1.82) is 0 Å². The summed E-state index contributed by atoms with van der Waals surface area (Å²) in [7, 11) is 0. The van der Waals surface area contributed by atoms with Crippen molar-refractivity contribution in [2.24, 2.45) is 0 Å². The van der Waals surface area contributed by atoms with Gasteiger partial charge in [0.25, 0.3) is 11.5 Å². The minimum Gasteiger partial charge on any atom is -0.334 e. The maximum Gasteiger partial charge on any atom is 0.266 e. The average molecular weight is 442 g/mol. The number of benzene rings is 3. The van der Waals surface area contributed by atoms with Gasteiger partial charge in [-0.1, -0.05) is 36.4 Å². The molecular weight excluding hydrogens is 418 g/mol. The lowest BCUT2D eigenvalue weighted by Crippen LogP contribution is -2.36. The van der Waals surface area contributed by atoms with Gasteiger partial charge in [-0.2, -0.15) is 0 Å². The smallest absolute Gasteiger partial charge is 0.266 e. The van der Waals surface area contributed by atoms with E-state index in [9.17, 15) is 9.59 Å². The van der Waals surface area contributed by atoms with Crippen LogP contribution in [0.3, 0.4) is 0 Å². The van der Waals surface area contributed by atoms with E-state index in [0.717, 1.165) is 23.2 Å². The van der Waals surface area contributed by atoms with Crippen molar-refractivity contribution < 1.29 is 4.79 Å². The highest BCUT2D eigenvalue weighted by Crippen LogP contribution is 2.22. The molecule has 0 fully saturated rings. The van der Waals surface area contributed by atoms with E-state index in [2.05, 4.69) is 17.1 Å². The van der Waals surface area contributed by atoms with Crippen molar-refractivity contribution in [2.75, 3.05) is 6.54 Å². The van der Waals surface area contributed by atoms with E-state index in [-0.39, 0.29) is 11.5 Å². The molecule has 32 heavy (non-hydrogen) atoms. The van der Waals surface area contributed by atoms with Crippen LogP contribution in [0, 0.1) is 18.6 Å². The second kappa shape index (κ2) is 7.88. The van der Waals surface area contributed by atoms with Gasteiger partial charge in [-0.05, 0) is 79.0 Å². The number of aromatic nitrogens is 2. The van der Waals surface area contributed by atoms with Gasteiger partial charge in [0.05, 0.1) is 16.6 Å². The number of H-pyrrole nitrogens is 1. The van der Waals surface area contributed by atoms with Gasteiger partial charge in [-0.25, -0.2) is 0 Å². The molecule has 5 nitrogen and oxygen atoms in total. The molecule has 0 bridgehead atoms. The third kappa shape index (κ3) is 3.37. The Morgan fingerprint density at radius 1 is 1.00 bits per heavy atom. The number of fused-ring (bicyclic) bond motifs is 2. The van der Waals surface area contributed by atoms with E-state index in [4.69, 9.17) is 12.2 Å². The molecule has 6 heteroatoms. The van der Waals surface area contributed by atoms with Crippen LogP contribution in [-0.4, -0.2) is 26.9 Å².